The Morgan fingerprint density at radius 2 is 2.23 bits per heavy atom. The van der Waals surface area contributed by atoms with E-state index in [0.29, 0.717) is 24.2 Å². The Kier molecular flexibility index (Phi) is 4.06. The van der Waals surface area contributed by atoms with Gasteiger partial charge in [0.1, 0.15) is 0 Å². The maximum Gasteiger partial charge on any atom is 0.419 e. The van der Waals surface area contributed by atoms with Gasteiger partial charge >= 0.3 is 5.76 Å². The lowest BCUT2D eigenvalue weighted by Crippen LogP contribution is -2.25. The average Bonchev–Trinajstić information content (AvgIpc) is 3.05. The molecule has 1 amide bonds. The number of nitrogens with zero attached hydrogens (tertiary/aromatic N) is 2. The second-order valence-electron chi connectivity index (χ2n) is 4.86. The van der Waals surface area contributed by atoms with Crippen LogP contribution >= 0.6 is 11.3 Å². The summed E-state index contributed by atoms with van der Waals surface area (Å²) in [5.41, 5.74) is 1.24. The van der Waals surface area contributed by atoms with Crippen molar-refractivity contribution in [1.82, 2.24) is 14.9 Å². The number of aromatic nitrogens is 2. The fourth-order valence-electron chi connectivity index (χ4n) is 2.20. The van der Waals surface area contributed by atoms with Gasteiger partial charge in [-0.3, -0.25) is 9.36 Å². The zero-order valence-electron chi connectivity index (χ0n) is 12.0. The largest absolute Gasteiger partial charge is 0.419 e. The molecule has 2 aromatic heterocycles. The van der Waals surface area contributed by atoms with Gasteiger partial charge in [-0.1, -0.05) is 12.1 Å². The zero-order valence-corrected chi connectivity index (χ0v) is 12.9. The van der Waals surface area contributed by atoms with Crippen LogP contribution in [0.1, 0.15) is 16.3 Å². The number of fused-ring (bicyclic) bond motifs is 1. The number of thiazole rings is 1. The van der Waals surface area contributed by atoms with Crippen molar-refractivity contribution in [3.8, 4) is 0 Å². The molecule has 2 heterocycles. The zero-order chi connectivity index (χ0) is 15.5. The van der Waals surface area contributed by atoms with E-state index in [1.165, 1.54) is 4.57 Å². The number of hydrogen-bond donors (Lipinski definition) is 1. The fraction of sp³-hybridized carbons (Fsp3) is 0.267. The number of oxazole rings is 1. The SMILES string of the molecule is Cc1ncc(CNC(=O)CCn2c(=O)oc3ccccc32)s1. The Hall–Kier alpha value is -2.41. The van der Waals surface area contributed by atoms with E-state index in [0.717, 1.165) is 9.88 Å². The lowest BCUT2D eigenvalue weighted by molar-refractivity contribution is -0.121. The standard InChI is InChI=1S/C15H15N3O3S/c1-10-16-8-11(22-10)9-17-14(19)6-7-18-12-4-2-3-5-13(12)21-15(18)20/h2-5,8H,6-7,9H2,1H3,(H,17,19). The van der Waals surface area contributed by atoms with Crippen molar-refractivity contribution in [2.45, 2.75) is 26.4 Å². The molecule has 0 aliphatic rings. The molecule has 0 radical (unpaired) electrons. The number of carbonyl (C=O) groups is 1. The third-order valence-electron chi connectivity index (χ3n) is 3.27. The third kappa shape index (κ3) is 3.09. The molecule has 3 aromatic rings. The number of carbonyl (C=O) groups excluding carboxylic acids is 1. The fourth-order valence-corrected chi connectivity index (χ4v) is 2.93. The molecule has 0 atom stereocenters. The molecular weight excluding hydrogens is 302 g/mol. The number of hydrogen-bond acceptors (Lipinski definition) is 5. The summed E-state index contributed by atoms with van der Waals surface area (Å²) in [4.78, 5) is 28.8. The second kappa shape index (κ2) is 6.15. The van der Waals surface area contributed by atoms with Crippen LogP contribution in [0.4, 0.5) is 0 Å². The maximum atomic E-state index is 11.9. The lowest BCUT2D eigenvalue weighted by atomic mass is 10.3. The minimum Gasteiger partial charge on any atom is -0.408 e. The molecule has 1 N–H and O–H groups in total. The first-order chi connectivity index (χ1) is 10.6. The van der Waals surface area contributed by atoms with Crippen LogP contribution in [0.25, 0.3) is 11.1 Å². The maximum absolute atomic E-state index is 11.9. The van der Waals surface area contributed by atoms with Gasteiger partial charge in [-0.15, -0.1) is 11.3 Å². The van der Waals surface area contributed by atoms with Gasteiger partial charge in [0.25, 0.3) is 0 Å². The van der Waals surface area contributed by atoms with Crippen LogP contribution in [0.2, 0.25) is 0 Å². The first kappa shape index (κ1) is 14.5. The number of benzene rings is 1. The molecule has 6 nitrogen and oxygen atoms in total. The Labute approximate surface area is 130 Å². The molecule has 0 fully saturated rings. The number of nitrogens with one attached hydrogen (secondary N) is 1. The van der Waals surface area contributed by atoms with Crippen LogP contribution in [-0.2, 0) is 17.9 Å². The van der Waals surface area contributed by atoms with Gasteiger partial charge in [0.2, 0.25) is 5.91 Å². The van der Waals surface area contributed by atoms with Crippen molar-refractivity contribution in [2.75, 3.05) is 0 Å². The summed E-state index contributed by atoms with van der Waals surface area (Å²) in [7, 11) is 0. The predicted octanol–water partition coefficient (Wildman–Crippen LogP) is 2.07. The molecule has 0 spiro atoms. The van der Waals surface area contributed by atoms with Crippen LogP contribution in [0, 0.1) is 6.92 Å². The predicted molar refractivity (Wildman–Crippen MR) is 83.8 cm³/mol. The van der Waals surface area contributed by atoms with Crippen molar-refractivity contribution in [2.24, 2.45) is 0 Å². The molecule has 1 aromatic carbocycles. The summed E-state index contributed by atoms with van der Waals surface area (Å²) in [5, 5.41) is 3.80. The molecule has 0 unspecified atom stereocenters. The van der Waals surface area contributed by atoms with Crippen molar-refractivity contribution in [1.29, 1.82) is 0 Å². The van der Waals surface area contributed by atoms with Gasteiger partial charge in [-0.25, -0.2) is 9.78 Å². The van der Waals surface area contributed by atoms with Gasteiger partial charge in [0.05, 0.1) is 17.1 Å². The molecule has 0 saturated carbocycles. The Balaban J connectivity index is 1.60. The topological polar surface area (TPSA) is 77.1 Å². The Bertz CT molecular complexity index is 862. The number of amides is 1. The van der Waals surface area contributed by atoms with Crippen LogP contribution in [0.3, 0.4) is 0 Å². The number of aryl methyl sites for hydroxylation is 2. The van der Waals surface area contributed by atoms with Gasteiger partial charge in [0.15, 0.2) is 5.58 Å². The van der Waals surface area contributed by atoms with E-state index in [2.05, 4.69) is 10.3 Å². The van der Waals surface area contributed by atoms with Gasteiger partial charge in [-0.05, 0) is 19.1 Å². The lowest BCUT2D eigenvalue weighted by Gasteiger charge is -2.04. The van der Waals surface area contributed by atoms with Gasteiger partial charge in [0, 0.05) is 24.0 Å². The Morgan fingerprint density at radius 1 is 1.41 bits per heavy atom. The summed E-state index contributed by atoms with van der Waals surface area (Å²) in [5.74, 6) is -0.546. The van der Waals surface area contributed by atoms with Gasteiger partial charge < -0.3 is 9.73 Å². The monoisotopic (exact) mass is 317 g/mol. The molecular formula is C15H15N3O3S. The summed E-state index contributed by atoms with van der Waals surface area (Å²) in [6.45, 7) is 2.68. The number of rotatable bonds is 5. The molecule has 0 saturated heterocycles. The van der Waals surface area contributed by atoms with E-state index in [-0.39, 0.29) is 12.3 Å². The molecule has 0 bridgehead atoms. The van der Waals surface area contributed by atoms with Crippen molar-refractivity contribution in [3.05, 3.63) is 50.9 Å². The normalized spacial score (nSPS) is 11.0. The minimum atomic E-state index is -0.438. The van der Waals surface area contributed by atoms with E-state index < -0.39 is 5.76 Å². The third-order valence-corrected chi connectivity index (χ3v) is 4.18. The second-order valence-corrected chi connectivity index (χ2v) is 6.18. The molecule has 22 heavy (non-hydrogen) atoms. The van der Waals surface area contributed by atoms with Crippen LogP contribution < -0.4 is 11.1 Å². The highest BCUT2D eigenvalue weighted by atomic mass is 32.1. The van der Waals surface area contributed by atoms with E-state index in [1.807, 2.05) is 13.0 Å². The van der Waals surface area contributed by atoms with E-state index in [4.69, 9.17) is 4.42 Å². The highest BCUT2D eigenvalue weighted by Crippen LogP contribution is 2.12. The van der Waals surface area contributed by atoms with Crippen molar-refractivity contribution in [3.63, 3.8) is 0 Å². The summed E-state index contributed by atoms with van der Waals surface area (Å²) >= 11 is 1.55. The van der Waals surface area contributed by atoms with Crippen molar-refractivity contribution >= 4 is 28.3 Å². The van der Waals surface area contributed by atoms with E-state index in [9.17, 15) is 9.59 Å². The average molecular weight is 317 g/mol. The van der Waals surface area contributed by atoms with E-state index >= 15 is 0 Å². The first-order valence-corrected chi connectivity index (χ1v) is 7.71. The summed E-state index contributed by atoms with van der Waals surface area (Å²) < 4.78 is 6.61. The molecule has 7 heteroatoms. The highest BCUT2D eigenvalue weighted by molar-refractivity contribution is 7.11. The number of para-hydroxylation sites is 2. The molecule has 114 valence electrons. The molecule has 0 aliphatic carbocycles. The summed E-state index contributed by atoms with van der Waals surface area (Å²) in [6.07, 6.45) is 1.98. The molecule has 3 rings (SSSR count). The Morgan fingerprint density at radius 3 is 3.00 bits per heavy atom. The van der Waals surface area contributed by atoms with Crippen LogP contribution in [0.5, 0.6) is 0 Å². The minimum absolute atomic E-state index is 0.108. The van der Waals surface area contributed by atoms with Crippen LogP contribution in [-0.4, -0.2) is 15.5 Å². The van der Waals surface area contributed by atoms with Crippen LogP contribution in [0.15, 0.2) is 39.7 Å². The van der Waals surface area contributed by atoms with Crippen molar-refractivity contribution < 1.29 is 9.21 Å². The summed E-state index contributed by atoms with van der Waals surface area (Å²) in [6, 6.07) is 7.18. The quantitative estimate of drug-likeness (QED) is 0.781. The van der Waals surface area contributed by atoms with Gasteiger partial charge in [-0.2, -0.15) is 0 Å². The molecule has 0 aliphatic heterocycles. The smallest absolute Gasteiger partial charge is 0.408 e. The van der Waals surface area contributed by atoms with E-state index in [1.54, 1.807) is 35.7 Å². The first-order valence-electron chi connectivity index (χ1n) is 6.90. The highest BCUT2D eigenvalue weighted by Gasteiger charge is 2.10.